The van der Waals surface area contributed by atoms with E-state index in [1.165, 1.54) is 6.42 Å². The van der Waals surface area contributed by atoms with Crippen LogP contribution in [-0.2, 0) is 16.0 Å². The van der Waals surface area contributed by atoms with Gasteiger partial charge in [-0.3, -0.25) is 14.5 Å². The zero-order chi connectivity index (χ0) is 19.5. The summed E-state index contributed by atoms with van der Waals surface area (Å²) in [6.45, 7) is 6.90. The minimum Gasteiger partial charge on any atom is -0.492 e. The third kappa shape index (κ3) is 4.17. The number of para-hydroxylation sites is 1. The Morgan fingerprint density at radius 3 is 2.64 bits per heavy atom. The minimum absolute atomic E-state index is 0.0997. The van der Waals surface area contributed by atoms with Crippen molar-refractivity contribution in [3.8, 4) is 5.75 Å². The Morgan fingerprint density at radius 2 is 1.86 bits per heavy atom. The molecule has 0 saturated carbocycles. The smallest absolute Gasteiger partial charge is 0.236 e. The molecule has 3 heterocycles. The number of carbonyl (C=O) groups is 2. The maximum atomic E-state index is 12.9. The average molecular weight is 386 g/mol. The summed E-state index contributed by atoms with van der Waals surface area (Å²) < 4.78 is 5.79. The zero-order valence-corrected chi connectivity index (χ0v) is 16.8. The van der Waals surface area contributed by atoms with Crippen LogP contribution in [0.15, 0.2) is 24.3 Å². The van der Waals surface area contributed by atoms with E-state index in [2.05, 4.69) is 11.8 Å². The fourth-order valence-corrected chi connectivity index (χ4v) is 4.62. The van der Waals surface area contributed by atoms with Gasteiger partial charge in [0.2, 0.25) is 11.8 Å². The molecule has 152 valence electrons. The van der Waals surface area contributed by atoms with Gasteiger partial charge in [0.1, 0.15) is 12.4 Å². The molecule has 6 heteroatoms. The van der Waals surface area contributed by atoms with Gasteiger partial charge in [0.25, 0.3) is 0 Å². The van der Waals surface area contributed by atoms with Crippen LogP contribution >= 0.6 is 0 Å². The number of rotatable bonds is 3. The van der Waals surface area contributed by atoms with Crippen LogP contribution in [0.3, 0.4) is 0 Å². The Balaban J connectivity index is 1.26. The third-order valence-corrected chi connectivity index (χ3v) is 6.39. The van der Waals surface area contributed by atoms with Crippen molar-refractivity contribution in [1.29, 1.82) is 0 Å². The molecule has 3 aliphatic heterocycles. The summed E-state index contributed by atoms with van der Waals surface area (Å²) in [5.74, 6) is 1.23. The summed E-state index contributed by atoms with van der Waals surface area (Å²) in [6, 6.07) is 8.33. The number of likely N-dealkylation sites (tertiary alicyclic amines) is 1. The number of ether oxygens (including phenoxy) is 1. The van der Waals surface area contributed by atoms with Crippen molar-refractivity contribution in [3.05, 3.63) is 29.8 Å². The highest BCUT2D eigenvalue weighted by molar-refractivity contribution is 5.80. The number of fused-ring (bicyclic) bond motifs is 1. The SMILES string of the molecule is CC1CCCCN1C(=O)CN1CCN(C(=O)C2COc3ccccc3C2)CC1. The first kappa shape index (κ1) is 19.2. The number of piperazine rings is 1. The number of hydrogen-bond donors (Lipinski definition) is 0. The molecule has 2 atom stereocenters. The maximum Gasteiger partial charge on any atom is 0.236 e. The van der Waals surface area contributed by atoms with Crippen LogP contribution < -0.4 is 4.74 Å². The predicted molar refractivity (Wildman–Crippen MR) is 107 cm³/mol. The molecule has 6 nitrogen and oxygen atoms in total. The first-order valence-corrected chi connectivity index (χ1v) is 10.6. The molecule has 4 rings (SSSR count). The van der Waals surface area contributed by atoms with Gasteiger partial charge in [0.15, 0.2) is 0 Å². The van der Waals surface area contributed by atoms with Gasteiger partial charge in [-0.2, -0.15) is 0 Å². The number of piperidine rings is 1. The van der Waals surface area contributed by atoms with Crippen molar-refractivity contribution in [2.24, 2.45) is 5.92 Å². The van der Waals surface area contributed by atoms with Gasteiger partial charge >= 0.3 is 0 Å². The lowest BCUT2D eigenvalue weighted by Crippen LogP contribution is -2.54. The molecule has 28 heavy (non-hydrogen) atoms. The first-order chi connectivity index (χ1) is 13.6. The minimum atomic E-state index is -0.0997. The van der Waals surface area contributed by atoms with Crippen molar-refractivity contribution in [2.45, 2.75) is 38.6 Å². The summed E-state index contributed by atoms with van der Waals surface area (Å²) >= 11 is 0. The number of benzene rings is 1. The predicted octanol–water partition coefficient (Wildman–Crippen LogP) is 1.78. The number of amides is 2. The molecule has 0 bridgehead atoms. The molecule has 0 N–H and O–H groups in total. The Bertz CT molecular complexity index is 715. The Morgan fingerprint density at radius 1 is 1.07 bits per heavy atom. The van der Waals surface area contributed by atoms with E-state index in [1.807, 2.05) is 34.1 Å². The highest BCUT2D eigenvalue weighted by Crippen LogP contribution is 2.28. The van der Waals surface area contributed by atoms with Crippen molar-refractivity contribution < 1.29 is 14.3 Å². The van der Waals surface area contributed by atoms with E-state index < -0.39 is 0 Å². The van der Waals surface area contributed by atoms with Crippen LogP contribution in [0.1, 0.15) is 31.7 Å². The lowest BCUT2D eigenvalue weighted by atomic mass is 9.95. The van der Waals surface area contributed by atoms with E-state index in [0.717, 1.165) is 50.2 Å². The summed E-state index contributed by atoms with van der Waals surface area (Å²) in [4.78, 5) is 31.8. The fraction of sp³-hybridized carbons (Fsp3) is 0.636. The normalized spacial score (nSPS) is 25.8. The number of hydrogen-bond acceptors (Lipinski definition) is 4. The van der Waals surface area contributed by atoms with Gasteiger partial charge in [-0.25, -0.2) is 0 Å². The fourth-order valence-electron chi connectivity index (χ4n) is 4.62. The molecule has 2 fully saturated rings. The molecule has 2 saturated heterocycles. The number of carbonyl (C=O) groups excluding carboxylic acids is 2. The lowest BCUT2D eigenvalue weighted by molar-refractivity contribution is -0.140. The molecule has 2 amide bonds. The molecule has 0 radical (unpaired) electrons. The zero-order valence-electron chi connectivity index (χ0n) is 16.8. The monoisotopic (exact) mass is 385 g/mol. The average Bonchev–Trinajstić information content (AvgIpc) is 2.73. The molecule has 3 aliphatic rings. The lowest BCUT2D eigenvalue weighted by Gasteiger charge is -2.39. The molecule has 0 aliphatic carbocycles. The molecule has 2 unspecified atom stereocenters. The van der Waals surface area contributed by atoms with E-state index in [4.69, 9.17) is 4.74 Å². The highest BCUT2D eigenvalue weighted by Gasteiger charge is 2.32. The largest absolute Gasteiger partial charge is 0.492 e. The van der Waals surface area contributed by atoms with Gasteiger partial charge in [0, 0.05) is 38.8 Å². The van der Waals surface area contributed by atoms with Gasteiger partial charge in [-0.15, -0.1) is 0 Å². The van der Waals surface area contributed by atoms with E-state index in [9.17, 15) is 9.59 Å². The van der Waals surface area contributed by atoms with Crippen LogP contribution in [0.2, 0.25) is 0 Å². The summed E-state index contributed by atoms with van der Waals surface area (Å²) in [5, 5.41) is 0. The Labute approximate surface area is 167 Å². The molecule has 0 spiro atoms. The van der Waals surface area contributed by atoms with Gasteiger partial charge in [-0.1, -0.05) is 18.2 Å². The van der Waals surface area contributed by atoms with Gasteiger partial charge < -0.3 is 14.5 Å². The molecular weight excluding hydrogens is 354 g/mol. The van der Waals surface area contributed by atoms with Gasteiger partial charge in [0.05, 0.1) is 12.5 Å². The van der Waals surface area contributed by atoms with Crippen LogP contribution in [0.5, 0.6) is 5.75 Å². The standard InChI is InChI=1S/C22H31N3O3/c1-17-6-4-5-9-25(17)21(26)15-23-10-12-24(13-11-23)22(27)19-14-18-7-2-3-8-20(18)28-16-19/h2-3,7-8,17,19H,4-6,9-16H2,1H3. The molecular formula is C22H31N3O3. The second kappa shape index (κ2) is 8.52. The van der Waals surface area contributed by atoms with E-state index in [0.29, 0.717) is 32.3 Å². The Kier molecular flexibility index (Phi) is 5.85. The van der Waals surface area contributed by atoms with E-state index >= 15 is 0 Å². The molecule has 1 aromatic carbocycles. The second-order valence-electron chi connectivity index (χ2n) is 8.35. The van der Waals surface area contributed by atoms with Gasteiger partial charge in [-0.05, 0) is 44.2 Å². The maximum absolute atomic E-state index is 12.9. The van der Waals surface area contributed by atoms with Crippen molar-refractivity contribution >= 4 is 11.8 Å². The van der Waals surface area contributed by atoms with Crippen molar-refractivity contribution in [3.63, 3.8) is 0 Å². The van der Waals surface area contributed by atoms with E-state index in [1.54, 1.807) is 0 Å². The van der Waals surface area contributed by atoms with Crippen LogP contribution in [-0.4, -0.2) is 78.4 Å². The molecule has 1 aromatic rings. The first-order valence-electron chi connectivity index (χ1n) is 10.6. The van der Waals surface area contributed by atoms with Crippen LogP contribution in [0.4, 0.5) is 0 Å². The van der Waals surface area contributed by atoms with Crippen molar-refractivity contribution in [2.75, 3.05) is 45.9 Å². The Hall–Kier alpha value is -2.08. The van der Waals surface area contributed by atoms with Crippen LogP contribution in [0, 0.1) is 5.92 Å². The third-order valence-electron chi connectivity index (χ3n) is 6.39. The quantitative estimate of drug-likeness (QED) is 0.796. The second-order valence-corrected chi connectivity index (χ2v) is 8.35. The van der Waals surface area contributed by atoms with Crippen molar-refractivity contribution in [1.82, 2.24) is 14.7 Å². The van der Waals surface area contributed by atoms with Crippen LogP contribution in [0.25, 0.3) is 0 Å². The van der Waals surface area contributed by atoms with E-state index in [-0.39, 0.29) is 17.7 Å². The number of nitrogens with zero attached hydrogens (tertiary/aromatic N) is 3. The molecule has 0 aromatic heterocycles. The summed E-state index contributed by atoms with van der Waals surface area (Å²) in [6.07, 6.45) is 4.20. The topological polar surface area (TPSA) is 53.1 Å². The summed E-state index contributed by atoms with van der Waals surface area (Å²) in [5.41, 5.74) is 1.12. The summed E-state index contributed by atoms with van der Waals surface area (Å²) in [7, 11) is 0. The highest BCUT2D eigenvalue weighted by atomic mass is 16.5.